The zero-order valence-corrected chi connectivity index (χ0v) is 8.75. The SMILES string of the molecule is CCC1(C(=O)NC(CF)C(=O)O)CCC1. The molecular formula is C10H16FNO3. The van der Waals surface area contributed by atoms with Crippen LogP contribution in [-0.2, 0) is 9.59 Å². The highest BCUT2D eigenvalue weighted by molar-refractivity contribution is 5.88. The quantitative estimate of drug-likeness (QED) is 0.724. The van der Waals surface area contributed by atoms with Crippen molar-refractivity contribution in [1.82, 2.24) is 5.32 Å². The highest BCUT2D eigenvalue weighted by Gasteiger charge is 2.43. The molecule has 1 rings (SSSR count). The van der Waals surface area contributed by atoms with E-state index in [4.69, 9.17) is 5.11 Å². The molecule has 1 amide bonds. The largest absolute Gasteiger partial charge is 0.480 e. The Morgan fingerprint density at radius 2 is 2.13 bits per heavy atom. The molecule has 0 heterocycles. The fourth-order valence-corrected chi connectivity index (χ4v) is 1.82. The number of carbonyl (C=O) groups excluding carboxylic acids is 1. The molecule has 0 aromatic rings. The minimum absolute atomic E-state index is 0.318. The van der Waals surface area contributed by atoms with Crippen LogP contribution in [0.15, 0.2) is 0 Å². The molecule has 1 unspecified atom stereocenters. The summed E-state index contributed by atoms with van der Waals surface area (Å²) in [6, 6.07) is -1.40. The van der Waals surface area contributed by atoms with E-state index in [1.165, 1.54) is 0 Å². The lowest BCUT2D eigenvalue weighted by atomic mass is 9.66. The number of carbonyl (C=O) groups is 2. The predicted molar refractivity (Wildman–Crippen MR) is 52.1 cm³/mol. The van der Waals surface area contributed by atoms with Crippen molar-refractivity contribution < 1.29 is 19.1 Å². The summed E-state index contributed by atoms with van der Waals surface area (Å²) < 4.78 is 12.3. The molecule has 4 nitrogen and oxygen atoms in total. The Morgan fingerprint density at radius 1 is 1.53 bits per heavy atom. The maximum Gasteiger partial charge on any atom is 0.328 e. The average Bonchev–Trinajstić information content (AvgIpc) is 2.12. The van der Waals surface area contributed by atoms with Crippen LogP contribution in [0.25, 0.3) is 0 Å². The Hall–Kier alpha value is -1.13. The summed E-state index contributed by atoms with van der Waals surface area (Å²) >= 11 is 0. The number of amides is 1. The lowest BCUT2D eigenvalue weighted by Gasteiger charge is -2.39. The second-order valence-electron chi connectivity index (χ2n) is 4.01. The number of nitrogens with one attached hydrogen (secondary N) is 1. The van der Waals surface area contributed by atoms with Crippen LogP contribution in [0.1, 0.15) is 32.6 Å². The third-order valence-electron chi connectivity index (χ3n) is 3.23. The van der Waals surface area contributed by atoms with E-state index in [9.17, 15) is 14.0 Å². The van der Waals surface area contributed by atoms with Crippen molar-refractivity contribution in [2.75, 3.05) is 6.67 Å². The molecule has 0 aromatic heterocycles. The molecule has 1 saturated carbocycles. The fraction of sp³-hybridized carbons (Fsp3) is 0.800. The van der Waals surface area contributed by atoms with Crippen molar-refractivity contribution in [3.8, 4) is 0 Å². The average molecular weight is 217 g/mol. The number of alkyl halides is 1. The summed E-state index contributed by atoms with van der Waals surface area (Å²) in [6.45, 7) is 0.824. The molecule has 1 aliphatic carbocycles. The van der Waals surface area contributed by atoms with Gasteiger partial charge < -0.3 is 10.4 Å². The Bertz CT molecular complexity index is 258. The fourth-order valence-electron chi connectivity index (χ4n) is 1.82. The Morgan fingerprint density at radius 3 is 2.40 bits per heavy atom. The zero-order valence-electron chi connectivity index (χ0n) is 8.75. The lowest BCUT2D eigenvalue weighted by molar-refractivity contribution is -0.146. The second-order valence-corrected chi connectivity index (χ2v) is 4.01. The van der Waals surface area contributed by atoms with E-state index in [-0.39, 0.29) is 5.91 Å². The van der Waals surface area contributed by atoms with Gasteiger partial charge in [0.2, 0.25) is 5.91 Å². The molecule has 15 heavy (non-hydrogen) atoms. The minimum atomic E-state index is -1.40. The van der Waals surface area contributed by atoms with Gasteiger partial charge in [0, 0.05) is 5.41 Å². The van der Waals surface area contributed by atoms with Crippen LogP contribution in [0.2, 0.25) is 0 Å². The van der Waals surface area contributed by atoms with Gasteiger partial charge in [0.1, 0.15) is 6.67 Å². The summed E-state index contributed by atoms with van der Waals surface area (Å²) in [6.07, 6.45) is 3.20. The standard InChI is InChI=1S/C10H16FNO3/c1-2-10(4-3-5-10)9(15)12-7(6-11)8(13)14/h7H,2-6H2,1H3,(H,12,15)(H,13,14). The van der Waals surface area contributed by atoms with E-state index in [2.05, 4.69) is 5.32 Å². The Labute approximate surface area is 87.9 Å². The first-order chi connectivity index (χ1) is 7.05. The van der Waals surface area contributed by atoms with Gasteiger partial charge >= 0.3 is 5.97 Å². The molecule has 0 radical (unpaired) electrons. The van der Waals surface area contributed by atoms with Gasteiger partial charge in [0.25, 0.3) is 0 Å². The number of halogens is 1. The number of aliphatic carboxylic acids is 1. The summed E-state index contributed by atoms with van der Waals surface area (Å²) in [5.74, 6) is -1.64. The predicted octanol–water partition coefficient (Wildman–Crippen LogP) is 1.11. The summed E-state index contributed by atoms with van der Waals surface area (Å²) in [7, 11) is 0. The minimum Gasteiger partial charge on any atom is -0.480 e. The van der Waals surface area contributed by atoms with Crippen molar-refractivity contribution in [3.05, 3.63) is 0 Å². The maximum atomic E-state index is 12.3. The summed E-state index contributed by atoms with van der Waals surface area (Å²) in [5, 5.41) is 10.8. The molecular weight excluding hydrogens is 201 g/mol. The number of hydrogen-bond acceptors (Lipinski definition) is 2. The van der Waals surface area contributed by atoms with Crippen molar-refractivity contribution in [2.24, 2.45) is 5.41 Å². The molecule has 1 aliphatic rings. The molecule has 0 aromatic carbocycles. The van der Waals surface area contributed by atoms with Gasteiger partial charge in [0.05, 0.1) is 0 Å². The van der Waals surface area contributed by atoms with E-state index < -0.39 is 24.1 Å². The highest BCUT2D eigenvalue weighted by Crippen LogP contribution is 2.43. The van der Waals surface area contributed by atoms with Gasteiger partial charge in [-0.15, -0.1) is 0 Å². The van der Waals surface area contributed by atoms with Crippen LogP contribution in [0, 0.1) is 5.41 Å². The van der Waals surface area contributed by atoms with E-state index in [1.54, 1.807) is 0 Å². The van der Waals surface area contributed by atoms with Crippen LogP contribution in [0.4, 0.5) is 4.39 Å². The molecule has 5 heteroatoms. The van der Waals surface area contributed by atoms with Gasteiger partial charge in [-0.3, -0.25) is 4.79 Å². The molecule has 0 spiro atoms. The normalized spacial score (nSPS) is 20.1. The second kappa shape index (κ2) is 4.59. The van der Waals surface area contributed by atoms with Gasteiger partial charge in [-0.05, 0) is 19.3 Å². The topological polar surface area (TPSA) is 66.4 Å². The van der Waals surface area contributed by atoms with E-state index in [1.807, 2.05) is 6.92 Å². The Balaban J connectivity index is 2.57. The lowest BCUT2D eigenvalue weighted by Crippen LogP contribution is -2.51. The first-order valence-electron chi connectivity index (χ1n) is 5.15. The first kappa shape index (κ1) is 11.9. The van der Waals surface area contributed by atoms with Crippen molar-refractivity contribution in [3.63, 3.8) is 0 Å². The van der Waals surface area contributed by atoms with E-state index in [0.717, 1.165) is 19.3 Å². The smallest absolute Gasteiger partial charge is 0.328 e. The van der Waals surface area contributed by atoms with Crippen molar-refractivity contribution in [1.29, 1.82) is 0 Å². The molecule has 1 atom stereocenters. The summed E-state index contributed by atoms with van der Waals surface area (Å²) in [4.78, 5) is 22.2. The van der Waals surface area contributed by atoms with Gasteiger partial charge in [0.15, 0.2) is 6.04 Å². The van der Waals surface area contributed by atoms with Gasteiger partial charge in [-0.25, -0.2) is 9.18 Å². The maximum absolute atomic E-state index is 12.3. The van der Waals surface area contributed by atoms with Crippen molar-refractivity contribution in [2.45, 2.75) is 38.6 Å². The third kappa shape index (κ3) is 2.27. The Kier molecular flexibility index (Phi) is 3.66. The van der Waals surface area contributed by atoms with Gasteiger partial charge in [-0.2, -0.15) is 0 Å². The van der Waals surface area contributed by atoms with Crippen LogP contribution in [-0.4, -0.2) is 29.7 Å². The third-order valence-corrected chi connectivity index (χ3v) is 3.23. The molecule has 2 N–H and O–H groups in total. The number of hydrogen-bond donors (Lipinski definition) is 2. The van der Waals surface area contributed by atoms with E-state index >= 15 is 0 Å². The molecule has 0 bridgehead atoms. The van der Waals surface area contributed by atoms with Crippen LogP contribution < -0.4 is 5.32 Å². The summed E-state index contributed by atoms with van der Waals surface area (Å²) in [5.41, 5.74) is -0.442. The van der Waals surface area contributed by atoms with Crippen LogP contribution in [0.3, 0.4) is 0 Å². The highest BCUT2D eigenvalue weighted by atomic mass is 19.1. The van der Waals surface area contributed by atoms with Crippen molar-refractivity contribution >= 4 is 11.9 Å². The first-order valence-corrected chi connectivity index (χ1v) is 5.15. The van der Waals surface area contributed by atoms with Crippen LogP contribution in [0.5, 0.6) is 0 Å². The molecule has 1 fully saturated rings. The number of carboxylic acids is 1. The number of rotatable bonds is 5. The monoisotopic (exact) mass is 217 g/mol. The molecule has 0 aliphatic heterocycles. The van der Waals surface area contributed by atoms with Crippen LogP contribution >= 0.6 is 0 Å². The molecule has 0 saturated heterocycles. The zero-order chi connectivity index (χ0) is 11.5. The number of carboxylic acid groups (broad SMARTS) is 1. The van der Waals surface area contributed by atoms with E-state index in [0.29, 0.717) is 6.42 Å². The van der Waals surface area contributed by atoms with Gasteiger partial charge in [-0.1, -0.05) is 13.3 Å². The molecule has 86 valence electrons.